The Morgan fingerprint density at radius 2 is 1.94 bits per heavy atom. The van der Waals surface area contributed by atoms with E-state index in [2.05, 4.69) is 11.5 Å². The van der Waals surface area contributed by atoms with Gasteiger partial charge in [0.05, 0.1) is 11.1 Å². The molecule has 0 bridgehead atoms. The van der Waals surface area contributed by atoms with Crippen molar-refractivity contribution in [1.82, 2.24) is 0 Å². The number of rotatable bonds is 1. The Morgan fingerprint density at radius 1 is 1.35 bits per heavy atom. The van der Waals surface area contributed by atoms with Gasteiger partial charge in [-0.05, 0) is 19.1 Å². The van der Waals surface area contributed by atoms with E-state index >= 15 is 0 Å². The van der Waals surface area contributed by atoms with Crippen LogP contribution in [-0.2, 0) is 0 Å². The molecule has 1 N–H and O–H groups in total. The molecule has 0 aromatic heterocycles. The molecule has 4 heteroatoms. The minimum Gasteiger partial charge on any atom is -0.507 e. The summed E-state index contributed by atoms with van der Waals surface area (Å²) in [4.78, 5) is 11.1. The van der Waals surface area contributed by atoms with Crippen LogP contribution in [0.5, 0.6) is 5.75 Å². The molecular weight excluding hydrogens is 235 g/mol. The first-order chi connectivity index (χ1) is 7.70. The SMILES string of the molecule is CC(=O)c1cc(F)c(C#C[Si](C)(C)C)cc1O. The van der Waals surface area contributed by atoms with Crippen molar-refractivity contribution in [1.29, 1.82) is 0 Å². The van der Waals surface area contributed by atoms with E-state index in [1.54, 1.807) is 0 Å². The molecule has 0 radical (unpaired) electrons. The highest BCUT2D eigenvalue weighted by molar-refractivity contribution is 6.83. The molecule has 0 atom stereocenters. The van der Waals surface area contributed by atoms with Crippen molar-refractivity contribution in [3.63, 3.8) is 0 Å². The summed E-state index contributed by atoms with van der Waals surface area (Å²) in [6.07, 6.45) is 0. The van der Waals surface area contributed by atoms with Gasteiger partial charge in [0.1, 0.15) is 19.6 Å². The summed E-state index contributed by atoms with van der Waals surface area (Å²) in [6.45, 7) is 7.41. The number of aromatic hydroxyl groups is 1. The van der Waals surface area contributed by atoms with E-state index in [-0.39, 0.29) is 22.7 Å². The highest BCUT2D eigenvalue weighted by Gasteiger charge is 2.12. The number of carbonyl (C=O) groups excluding carboxylic acids is 1. The fourth-order valence-corrected chi connectivity index (χ4v) is 1.70. The summed E-state index contributed by atoms with van der Waals surface area (Å²) in [5.41, 5.74) is 3.13. The molecule has 0 aliphatic rings. The molecule has 0 aliphatic carbocycles. The van der Waals surface area contributed by atoms with Crippen LogP contribution in [0.1, 0.15) is 22.8 Å². The maximum absolute atomic E-state index is 13.6. The Balaban J connectivity index is 3.25. The van der Waals surface area contributed by atoms with E-state index in [1.165, 1.54) is 13.0 Å². The van der Waals surface area contributed by atoms with Gasteiger partial charge in [0.15, 0.2) is 5.78 Å². The van der Waals surface area contributed by atoms with Crippen molar-refractivity contribution in [3.8, 4) is 17.2 Å². The summed E-state index contributed by atoms with van der Waals surface area (Å²) in [5, 5.41) is 9.57. The summed E-state index contributed by atoms with van der Waals surface area (Å²) < 4.78 is 13.6. The number of carbonyl (C=O) groups is 1. The summed E-state index contributed by atoms with van der Waals surface area (Å²) >= 11 is 0. The van der Waals surface area contributed by atoms with Gasteiger partial charge in [-0.2, -0.15) is 0 Å². The molecule has 0 spiro atoms. The second-order valence-corrected chi connectivity index (χ2v) is 9.66. The minimum atomic E-state index is -1.59. The largest absolute Gasteiger partial charge is 0.507 e. The van der Waals surface area contributed by atoms with Crippen LogP contribution in [0.25, 0.3) is 0 Å². The molecule has 0 heterocycles. The number of hydrogen-bond donors (Lipinski definition) is 1. The number of ketones is 1. The number of hydrogen-bond acceptors (Lipinski definition) is 2. The Bertz CT molecular complexity index is 519. The molecule has 17 heavy (non-hydrogen) atoms. The zero-order valence-electron chi connectivity index (χ0n) is 10.4. The number of phenolic OH excluding ortho intramolecular Hbond substituents is 1. The Labute approximate surface area is 101 Å². The maximum atomic E-state index is 13.6. The van der Waals surface area contributed by atoms with E-state index in [0.717, 1.165) is 6.07 Å². The second-order valence-electron chi connectivity index (χ2n) is 4.91. The van der Waals surface area contributed by atoms with Gasteiger partial charge < -0.3 is 5.11 Å². The fraction of sp³-hybridized carbons (Fsp3) is 0.308. The zero-order chi connectivity index (χ0) is 13.2. The first-order valence-electron chi connectivity index (χ1n) is 5.27. The molecule has 0 amide bonds. The lowest BCUT2D eigenvalue weighted by Crippen LogP contribution is -2.16. The van der Waals surface area contributed by atoms with Crippen molar-refractivity contribution < 1.29 is 14.3 Å². The van der Waals surface area contributed by atoms with Gasteiger partial charge in [-0.25, -0.2) is 4.39 Å². The number of halogens is 1. The molecule has 0 saturated heterocycles. The molecule has 0 aliphatic heterocycles. The predicted octanol–water partition coefficient (Wildman–Crippen LogP) is 2.96. The average Bonchev–Trinajstić information content (AvgIpc) is 2.17. The van der Waals surface area contributed by atoms with Crippen LogP contribution in [0.3, 0.4) is 0 Å². The quantitative estimate of drug-likeness (QED) is 0.472. The van der Waals surface area contributed by atoms with Crippen molar-refractivity contribution in [3.05, 3.63) is 29.1 Å². The molecule has 2 nitrogen and oxygen atoms in total. The van der Waals surface area contributed by atoms with E-state index in [1.807, 2.05) is 19.6 Å². The molecular formula is C13H15FO2Si. The monoisotopic (exact) mass is 250 g/mol. The van der Waals surface area contributed by atoms with Crippen molar-refractivity contribution >= 4 is 13.9 Å². The van der Waals surface area contributed by atoms with Crippen LogP contribution < -0.4 is 0 Å². The topological polar surface area (TPSA) is 37.3 Å². The first-order valence-corrected chi connectivity index (χ1v) is 8.77. The average molecular weight is 250 g/mol. The van der Waals surface area contributed by atoms with E-state index in [0.29, 0.717) is 0 Å². The van der Waals surface area contributed by atoms with Crippen LogP contribution in [0.15, 0.2) is 12.1 Å². The number of Topliss-reactive ketones (excluding diaryl/α,β-unsaturated/α-hetero) is 1. The highest BCUT2D eigenvalue weighted by Crippen LogP contribution is 2.21. The smallest absolute Gasteiger partial charge is 0.163 e. The van der Waals surface area contributed by atoms with E-state index in [4.69, 9.17) is 0 Å². The van der Waals surface area contributed by atoms with Gasteiger partial charge in [0.2, 0.25) is 0 Å². The van der Waals surface area contributed by atoms with Crippen LogP contribution in [0.4, 0.5) is 4.39 Å². The van der Waals surface area contributed by atoms with Gasteiger partial charge in [-0.15, -0.1) is 5.54 Å². The fourth-order valence-electron chi connectivity index (χ4n) is 1.19. The van der Waals surface area contributed by atoms with Crippen molar-refractivity contribution in [2.45, 2.75) is 26.6 Å². The van der Waals surface area contributed by atoms with Gasteiger partial charge in [0.25, 0.3) is 0 Å². The lowest BCUT2D eigenvalue weighted by Gasteiger charge is -2.05. The third-order valence-corrected chi connectivity index (χ3v) is 2.91. The lowest BCUT2D eigenvalue weighted by molar-refractivity contribution is 0.101. The van der Waals surface area contributed by atoms with Crippen LogP contribution in [0, 0.1) is 17.3 Å². The standard InChI is InChI=1S/C13H15FO2Si/c1-9(15)11-8-12(14)10(7-13(11)16)5-6-17(2,3)4/h7-8,16H,1-4H3. The maximum Gasteiger partial charge on any atom is 0.163 e. The first kappa shape index (κ1) is 13.5. The van der Waals surface area contributed by atoms with Gasteiger partial charge >= 0.3 is 0 Å². The normalized spacial score (nSPS) is 10.6. The molecule has 1 aromatic rings. The highest BCUT2D eigenvalue weighted by atomic mass is 28.3. The van der Waals surface area contributed by atoms with Gasteiger partial charge in [-0.1, -0.05) is 25.6 Å². The summed E-state index contributed by atoms with van der Waals surface area (Å²) in [7, 11) is -1.59. The zero-order valence-corrected chi connectivity index (χ0v) is 11.4. The van der Waals surface area contributed by atoms with Crippen LogP contribution in [-0.4, -0.2) is 19.0 Å². The molecule has 1 aromatic carbocycles. The third-order valence-electron chi connectivity index (χ3n) is 2.04. The van der Waals surface area contributed by atoms with Crippen molar-refractivity contribution in [2.24, 2.45) is 0 Å². The molecule has 0 fully saturated rings. The second kappa shape index (κ2) is 4.72. The van der Waals surface area contributed by atoms with Crippen LogP contribution >= 0.6 is 0 Å². The van der Waals surface area contributed by atoms with E-state index in [9.17, 15) is 14.3 Å². The summed E-state index contributed by atoms with van der Waals surface area (Å²) in [6, 6.07) is 2.24. The number of phenols is 1. The minimum absolute atomic E-state index is 0.0129. The third kappa shape index (κ3) is 3.72. The lowest BCUT2D eigenvalue weighted by atomic mass is 10.1. The molecule has 0 saturated carbocycles. The van der Waals surface area contributed by atoms with Gasteiger partial charge in [-0.3, -0.25) is 4.79 Å². The van der Waals surface area contributed by atoms with Crippen LogP contribution in [0.2, 0.25) is 19.6 Å². The molecule has 90 valence electrons. The number of benzene rings is 1. The van der Waals surface area contributed by atoms with Gasteiger partial charge in [0, 0.05) is 0 Å². The van der Waals surface area contributed by atoms with E-state index < -0.39 is 13.9 Å². The predicted molar refractivity (Wildman–Crippen MR) is 68.3 cm³/mol. The molecule has 0 unspecified atom stereocenters. The van der Waals surface area contributed by atoms with Crippen molar-refractivity contribution in [2.75, 3.05) is 0 Å². The molecule has 1 rings (SSSR count). The summed E-state index contributed by atoms with van der Waals surface area (Å²) in [5.74, 6) is 1.56. The Morgan fingerprint density at radius 3 is 2.41 bits per heavy atom. The Hall–Kier alpha value is -1.60. The Kier molecular flexibility index (Phi) is 3.74.